The Bertz CT molecular complexity index is 475. The fraction of sp³-hybridized carbons (Fsp3) is 0.533. The highest BCUT2D eigenvalue weighted by atomic mass is 79.9. The summed E-state index contributed by atoms with van der Waals surface area (Å²) in [5.74, 6) is 0.948. The minimum atomic E-state index is -0.190. The van der Waals surface area contributed by atoms with Gasteiger partial charge in [-0.3, -0.25) is 4.79 Å². The number of carbonyl (C=O) groups is 1. The zero-order chi connectivity index (χ0) is 14.0. The van der Waals surface area contributed by atoms with E-state index in [2.05, 4.69) is 35.1 Å². The maximum atomic E-state index is 12.2. The van der Waals surface area contributed by atoms with Gasteiger partial charge in [-0.15, -0.1) is 0 Å². The first-order chi connectivity index (χ1) is 8.99. The van der Waals surface area contributed by atoms with E-state index in [9.17, 15) is 9.90 Å². The van der Waals surface area contributed by atoms with Crippen LogP contribution in [0, 0.1) is 11.8 Å². The molecule has 2 rings (SSSR count). The molecule has 1 aromatic carbocycles. The second-order valence-electron chi connectivity index (χ2n) is 5.51. The third-order valence-electron chi connectivity index (χ3n) is 4.23. The summed E-state index contributed by atoms with van der Waals surface area (Å²) in [5.41, 5.74) is 0.333. The largest absolute Gasteiger partial charge is 0.507 e. The fourth-order valence-corrected chi connectivity index (χ4v) is 3.08. The molecule has 3 nitrogen and oxygen atoms in total. The second kappa shape index (κ2) is 5.95. The maximum Gasteiger partial charge on any atom is 0.255 e. The Morgan fingerprint density at radius 1 is 1.37 bits per heavy atom. The molecule has 19 heavy (non-hydrogen) atoms. The van der Waals surface area contributed by atoms with Crippen LogP contribution in [0.5, 0.6) is 5.75 Å². The monoisotopic (exact) mass is 325 g/mol. The Hall–Kier alpha value is -1.03. The molecule has 3 atom stereocenters. The molecule has 0 aromatic heterocycles. The van der Waals surface area contributed by atoms with Crippen molar-refractivity contribution < 1.29 is 9.90 Å². The first-order valence-electron chi connectivity index (χ1n) is 6.78. The van der Waals surface area contributed by atoms with E-state index < -0.39 is 0 Å². The summed E-state index contributed by atoms with van der Waals surface area (Å²) < 4.78 is 0.792. The van der Waals surface area contributed by atoms with Crippen LogP contribution >= 0.6 is 15.9 Å². The Labute approximate surface area is 122 Å². The van der Waals surface area contributed by atoms with Crippen molar-refractivity contribution in [3.8, 4) is 5.75 Å². The van der Waals surface area contributed by atoms with Crippen LogP contribution in [0.25, 0.3) is 0 Å². The van der Waals surface area contributed by atoms with Crippen molar-refractivity contribution in [2.24, 2.45) is 11.8 Å². The van der Waals surface area contributed by atoms with Crippen molar-refractivity contribution in [1.82, 2.24) is 5.32 Å². The lowest BCUT2D eigenvalue weighted by Crippen LogP contribution is -2.43. The molecular formula is C15H20BrNO2. The summed E-state index contributed by atoms with van der Waals surface area (Å²) >= 11 is 3.32. The van der Waals surface area contributed by atoms with Crippen LogP contribution in [0.4, 0.5) is 0 Å². The molecule has 1 aliphatic rings. The van der Waals surface area contributed by atoms with E-state index in [4.69, 9.17) is 0 Å². The van der Waals surface area contributed by atoms with Crippen LogP contribution in [0.3, 0.4) is 0 Å². The zero-order valence-corrected chi connectivity index (χ0v) is 12.9. The first-order valence-corrected chi connectivity index (χ1v) is 7.57. The molecule has 3 unspecified atom stereocenters. The van der Waals surface area contributed by atoms with Gasteiger partial charge in [0.2, 0.25) is 0 Å². The third-order valence-corrected chi connectivity index (χ3v) is 4.72. The van der Waals surface area contributed by atoms with E-state index in [0.717, 1.165) is 17.3 Å². The van der Waals surface area contributed by atoms with Crippen LogP contribution in [0.15, 0.2) is 22.7 Å². The molecule has 0 aliphatic heterocycles. The summed E-state index contributed by atoms with van der Waals surface area (Å²) in [6, 6.07) is 5.11. The van der Waals surface area contributed by atoms with E-state index in [1.54, 1.807) is 12.1 Å². The van der Waals surface area contributed by atoms with Crippen LogP contribution in [0.1, 0.15) is 43.5 Å². The van der Waals surface area contributed by atoms with Crippen LogP contribution in [-0.2, 0) is 0 Å². The molecular weight excluding hydrogens is 306 g/mol. The summed E-state index contributed by atoms with van der Waals surface area (Å²) in [6.07, 6.45) is 3.41. The number of phenolic OH excluding ortho intramolecular Hbond substituents is 1. The number of halogens is 1. The van der Waals surface area contributed by atoms with Crippen molar-refractivity contribution in [1.29, 1.82) is 0 Å². The van der Waals surface area contributed by atoms with Crippen LogP contribution in [-0.4, -0.2) is 17.1 Å². The quantitative estimate of drug-likeness (QED) is 0.870. The zero-order valence-electron chi connectivity index (χ0n) is 11.3. The lowest BCUT2D eigenvalue weighted by atomic mass is 9.78. The first kappa shape index (κ1) is 14.4. The summed E-state index contributed by atoms with van der Waals surface area (Å²) in [6.45, 7) is 4.43. The molecule has 1 saturated carbocycles. The predicted molar refractivity (Wildman–Crippen MR) is 79.2 cm³/mol. The standard InChI is InChI=1S/C15H20BrNO2/c1-9-4-3-5-13(10(9)2)17-15(19)12-8-11(16)6-7-14(12)18/h6-10,13,18H,3-5H2,1-2H3,(H,17,19). The normalized spacial score (nSPS) is 27.0. The van der Waals surface area contributed by atoms with Gasteiger partial charge in [-0.2, -0.15) is 0 Å². The molecule has 0 spiro atoms. The van der Waals surface area contributed by atoms with Gasteiger partial charge < -0.3 is 10.4 Å². The topological polar surface area (TPSA) is 49.3 Å². The molecule has 1 aliphatic carbocycles. The average Bonchev–Trinajstić information content (AvgIpc) is 2.38. The van der Waals surface area contributed by atoms with E-state index in [0.29, 0.717) is 17.4 Å². The van der Waals surface area contributed by atoms with Gasteiger partial charge in [-0.1, -0.05) is 42.6 Å². The second-order valence-corrected chi connectivity index (χ2v) is 6.42. The van der Waals surface area contributed by atoms with Gasteiger partial charge in [-0.05, 0) is 36.5 Å². The summed E-state index contributed by atoms with van der Waals surface area (Å²) in [4.78, 5) is 12.2. The number of carbonyl (C=O) groups excluding carboxylic acids is 1. The number of hydrogen-bond acceptors (Lipinski definition) is 2. The number of aromatic hydroxyl groups is 1. The summed E-state index contributed by atoms with van der Waals surface area (Å²) in [7, 11) is 0. The Kier molecular flexibility index (Phi) is 4.50. The van der Waals surface area contributed by atoms with Crippen LogP contribution < -0.4 is 5.32 Å². The lowest BCUT2D eigenvalue weighted by Gasteiger charge is -2.34. The maximum absolute atomic E-state index is 12.2. The predicted octanol–water partition coefficient (Wildman–Crippen LogP) is 3.71. The highest BCUT2D eigenvalue weighted by molar-refractivity contribution is 9.10. The van der Waals surface area contributed by atoms with Gasteiger partial charge in [0.15, 0.2) is 0 Å². The third kappa shape index (κ3) is 3.30. The SMILES string of the molecule is CC1CCCC(NC(=O)c2cc(Br)ccc2O)C1C. The number of benzene rings is 1. The minimum Gasteiger partial charge on any atom is -0.507 e. The number of nitrogens with one attached hydrogen (secondary N) is 1. The Morgan fingerprint density at radius 2 is 2.11 bits per heavy atom. The summed E-state index contributed by atoms with van der Waals surface area (Å²) in [5, 5.41) is 12.8. The van der Waals surface area contributed by atoms with Crippen molar-refractivity contribution in [3.63, 3.8) is 0 Å². The minimum absolute atomic E-state index is 0.0252. The molecule has 0 radical (unpaired) electrons. The van der Waals surface area contributed by atoms with Gasteiger partial charge in [0.25, 0.3) is 5.91 Å². The molecule has 2 N–H and O–H groups in total. The highest BCUT2D eigenvalue weighted by Crippen LogP contribution is 2.30. The van der Waals surface area contributed by atoms with E-state index in [-0.39, 0.29) is 17.7 Å². The molecule has 1 amide bonds. The number of phenols is 1. The molecule has 1 fully saturated rings. The molecule has 4 heteroatoms. The van der Waals surface area contributed by atoms with Gasteiger partial charge in [0, 0.05) is 10.5 Å². The fourth-order valence-electron chi connectivity index (χ4n) is 2.72. The highest BCUT2D eigenvalue weighted by Gasteiger charge is 2.28. The molecule has 0 bridgehead atoms. The van der Waals surface area contributed by atoms with E-state index in [1.165, 1.54) is 12.5 Å². The Morgan fingerprint density at radius 3 is 2.84 bits per heavy atom. The molecule has 0 heterocycles. The van der Waals surface area contributed by atoms with Gasteiger partial charge in [0.1, 0.15) is 5.75 Å². The number of hydrogen-bond donors (Lipinski definition) is 2. The van der Waals surface area contributed by atoms with Crippen molar-refractivity contribution in [2.45, 2.75) is 39.2 Å². The molecule has 104 valence electrons. The molecule has 1 aromatic rings. The lowest BCUT2D eigenvalue weighted by molar-refractivity contribution is 0.0888. The van der Waals surface area contributed by atoms with Gasteiger partial charge >= 0.3 is 0 Å². The number of amides is 1. The van der Waals surface area contributed by atoms with Crippen molar-refractivity contribution in [3.05, 3.63) is 28.2 Å². The number of rotatable bonds is 2. The van der Waals surface area contributed by atoms with E-state index in [1.807, 2.05) is 0 Å². The van der Waals surface area contributed by atoms with E-state index >= 15 is 0 Å². The molecule has 0 saturated heterocycles. The van der Waals surface area contributed by atoms with Crippen molar-refractivity contribution in [2.75, 3.05) is 0 Å². The average molecular weight is 326 g/mol. The smallest absolute Gasteiger partial charge is 0.255 e. The van der Waals surface area contributed by atoms with Gasteiger partial charge in [0.05, 0.1) is 5.56 Å². The van der Waals surface area contributed by atoms with Crippen molar-refractivity contribution >= 4 is 21.8 Å². The van der Waals surface area contributed by atoms with Gasteiger partial charge in [-0.25, -0.2) is 0 Å². The Balaban J connectivity index is 2.10. The van der Waals surface area contributed by atoms with Crippen LogP contribution in [0.2, 0.25) is 0 Å².